The zero-order chi connectivity index (χ0) is 18.1. The van der Waals surface area contributed by atoms with Gasteiger partial charge >= 0.3 is 0 Å². The summed E-state index contributed by atoms with van der Waals surface area (Å²) in [7, 11) is 1.67. The van der Waals surface area contributed by atoms with Gasteiger partial charge in [0.2, 0.25) is 11.8 Å². The molecule has 0 aliphatic carbocycles. The summed E-state index contributed by atoms with van der Waals surface area (Å²) in [6, 6.07) is 8.03. The van der Waals surface area contributed by atoms with Crippen LogP contribution >= 0.6 is 0 Å². The van der Waals surface area contributed by atoms with Crippen LogP contribution in [-0.2, 0) is 27.5 Å². The predicted octanol–water partition coefficient (Wildman–Crippen LogP) is 1.39. The van der Waals surface area contributed by atoms with Crippen LogP contribution in [0, 0.1) is 0 Å². The van der Waals surface area contributed by atoms with Crippen molar-refractivity contribution in [2.75, 3.05) is 39.8 Å². The zero-order valence-electron chi connectivity index (χ0n) is 15.3. The molecular formula is C19H29N3O3. The molecule has 1 aromatic rings. The Morgan fingerprint density at radius 3 is 2.72 bits per heavy atom. The molecule has 0 atom stereocenters. The van der Waals surface area contributed by atoms with E-state index in [-0.39, 0.29) is 11.8 Å². The largest absolute Gasteiger partial charge is 0.380 e. The summed E-state index contributed by atoms with van der Waals surface area (Å²) in [5, 5.41) is 2.98. The van der Waals surface area contributed by atoms with Gasteiger partial charge in [-0.3, -0.25) is 14.5 Å². The van der Waals surface area contributed by atoms with E-state index in [0.29, 0.717) is 32.7 Å². The first-order chi connectivity index (χ1) is 12.1. The number of carbonyl (C=O) groups excluding carboxylic acids is 2. The summed E-state index contributed by atoms with van der Waals surface area (Å²) >= 11 is 0. The normalized spacial score (nSPS) is 15.7. The van der Waals surface area contributed by atoms with Gasteiger partial charge in [0.25, 0.3) is 0 Å². The Bertz CT molecular complexity index is 577. The fourth-order valence-electron chi connectivity index (χ4n) is 3.06. The van der Waals surface area contributed by atoms with Gasteiger partial charge in [0, 0.05) is 46.3 Å². The highest BCUT2D eigenvalue weighted by molar-refractivity contribution is 5.78. The first-order valence-corrected chi connectivity index (χ1v) is 8.96. The molecule has 1 aromatic carbocycles. The molecule has 1 heterocycles. The summed E-state index contributed by atoms with van der Waals surface area (Å²) in [5.74, 6) is 0.217. The highest BCUT2D eigenvalue weighted by atomic mass is 16.5. The number of ether oxygens (including phenoxy) is 1. The molecule has 6 heteroatoms. The number of nitrogens with one attached hydrogen (secondary N) is 1. The Balaban J connectivity index is 1.76. The van der Waals surface area contributed by atoms with Gasteiger partial charge in [-0.1, -0.05) is 31.2 Å². The monoisotopic (exact) mass is 347 g/mol. The molecule has 25 heavy (non-hydrogen) atoms. The van der Waals surface area contributed by atoms with Gasteiger partial charge in [0.05, 0.1) is 13.2 Å². The Hall–Kier alpha value is -1.92. The van der Waals surface area contributed by atoms with E-state index >= 15 is 0 Å². The van der Waals surface area contributed by atoms with E-state index in [1.54, 1.807) is 7.11 Å². The van der Waals surface area contributed by atoms with Crippen molar-refractivity contribution in [2.45, 2.75) is 32.9 Å². The lowest BCUT2D eigenvalue weighted by atomic mass is 10.1. The van der Waals surface area contributed by atoms with Crippen molar-refractivity contribution in [2.24, 2.45) is 0 Å². The van der Waals surface area contributed by atoms with E-state index in [0.717, 1.165) is 37.2 Å². The molecule has 0 unspecified atom stereocenters. The van der Waals surface area contributed by atoms with Crippen LogP contribution in [0.4, 0.5) is 0 Å². The minimum absolute atomic E-state index is 0.0208. The molecule has 1 aliphatic heterocycles. The lowest BCUT2D eigenvalue weighted by Crippen LogP contribution is -2.39. The predicted molar refractivity (Wildman–Crippen MR) is 96.9 cm³/mol. The zero-order valence-corrected chi connectivity index (χ0v) is 15.3. The summed E-state index contributed by atoms with van der Waals surface area (Å²) < 4.78 is 5.13. The van der Waals surface area contributed by atoms with Crippen molar-refractivity contribution < 1.29 is 14.3 Å². The number of methoxy groups -OCH3 is 1. The van der Waals surface area contributed by atoms with Gasteiger partial charge in [-0.2, -0.15) is 0 Å². The molecule has 1 fully saturated rings. The number of amides is 2. The average molecular weight is 347 g/mol. The molecule has 1 aliphatic rings. The van der Waals surface area contributed by atoms with Gasteiger partial charge < -0.3 is 15.0 Å². The molecule has 0 spiro atoms. The van der Waals surface area contributed by atoms with Crippen LogP contribution in [0.2, 0.25) is 0 Å². The molecule has 138 valence electrons. The van der Waals surface area contributed by atoms with E-state index in [9.17, 15) is 9.59 Å². The maximum atomic E-state index is 12.2. The van der Waals surface area contributed by atoms with Crippen LogP contribution < -0.4 is 5.32 Å². The first kappa shape index (κ1) is 19.4. The van der Waals surface area contributed by atoms with E-state index in [1.807, 2.05) is 36.1 Å². The second kappa shape index (κ2) is 10.2. The number of benzene rings is 1. The maximum absolute atomic E-state index is 12.2. The second-order valence-corrected chi connectivity index (χ2v) is 6.39. The smallest absolute Gasteiger partial charge is 0.234 e. The fraction of sp³-hybridized carbons (Fsp3) is 0.579. The van der Waals surface area contributed by atoms with Crippen LogP contribution in [0.5, 0.6) is 0 Å². The lowest BCUT2D eigenvalue weighted by Gasteiger charge is -2.21. The molecule has 1 N–H and O–H groups in total. The molecule has 0 bridgehead atoms. The van der Waals surface area contributed by atoms with Crippen LogP contribution in [0.1, 0.15) is 30.9 Å². The van der Waals surface area contributed by atoms with Crippen LogP contribution in [0.25, 0.3) is 0 Å². The number of nitrogens with zero attached hydrogens (tertiary/aromatic N) is 2. The van der Waals surface area contributed by atoms with Crippen molar-refractivity contribution >= 4 is 11.8 Å². The Morgan fingerprint density at radius 2 is 1.96 bits per heavy atom. The van der Waals surface area contributed by atoms with Gasteiger partial charge in [-0.25, -0.2) is 0 Å². The molecule has 2 amide bonds. The molecule has 6 nitrogen and oxygen atoms in total. The third-order valence-electron chi connectivity index (χ3n) is 4.40. The summed E-state index contributed by atoms with van der Waals surface area (Å²) in [6.45, 7) is 6.46. The van der Waals surface area contributed by atoms with Crippen molar-refractivity contribution in [1.82, 2.24) is 15.1 Å². The van der Waals surface area contributed by atoms with Crippen molar-refractivity contribution in [3.05, 3.63) is 35.4 Å². The fourth-order valence-corrected chi connectivity index (χ4v) is 3.06. The number of rotatable bonds is 7. The van der Waals surface area contributed by atoms with Crippen molar-refractivity contribution in [1.29, 1.82) is 0 Å². The van der Waals surface area contributed by atoms with Gasteiger partial charge in [-0.05, 0) is 17.5 Å². The van der Waals surface area contributed by atoms with E-state index in [4.69, 9.17) is 4.74 Å². The number of hydrogen-bond donors (Lipinski definition) is 1. The summed E-state index contributed by atoms with van der Waals surface area (Å²) in [6.07, 6.45) is 1.46. The molecule has 0 radical (unpaired) electrons. The van der Waals surface area contributed by atoms with Crippen molar-refractivity contribution in [3.8, 4) is 0 Å². The van der Waals surface area contributed by atoms with Crippen LogP contribution in [0.3, 0.4) is 0 Å². The van der Waals surface area contributed by atoms with Crippen LogP contribution in [0.15, 0.2) is 24.3 Å². The third-order valence-corrected chi connectivity index (χ3v) is 4.40. The maximum Gasteiger partial charge on any atom is 0.234 e. The quantitative estimate of drug-likeness (QED) is 0.810. The van der Waals surface area contributed by atoms with Crippen LogP contribution in [-0.4, -0.2) is 61.4 Å². The van der Waals surface area contributed by atoms with Gasteiger partial charge in [0.15, 0.2) is 0 Å². The molecule has 0 aromatic heterocycles. The number of carbonyl (C=O) groups is 2. The van der Waals surface area contributed by atoms with Gasteiger partial charge in [-0.15, -0.1) is 0 Å². The third kappa shape index (κ3) is 6.48. The number of hydrogen-bond acceptors (Lipinski definition) is 4. The lowest BCUT2D eigenvalue weighted by molar-refractivity contribution is -0.130. The molecular weight excluding hydrogens is 318 g/mol. The standard InChI is InChI=1S/C19H29N3O3/c1-3-19(24)22-9-5-8-21(10-11-22)14-18(23)20-13-16-6-4-7-17(12-16)15-25-2/h4,6-7,12H,3,5,8-11,13-15H2,1-2H3,(H,20,23). The molecule has 0 saturated carbocycles. The highest BCUT2D eigenvalue weighted by Crippen LogP contribution is 2.07. The second-order valence-electron chi connectivity index (χ2n) is 6.39. The van der Waals surface area contributed by atoms with Crippen molar-refractivity contribution in [3.63, 3.8) is 0 Å². The Labute approximate surface area is 150 Å². The van der Waals surface area contributed by atoms with Gasteiger partial charge in [0.1, 0.15) is 0 Å². The van der Waals surface area contributed by atoms with E-state index in [1.165, 1.54) is 0 Å². The summed E-state index contributed by atoms with van der Waals surface area (Å²) in [4.78, 5) is 28.0. The summed E-state index contributed by atoms with van der Waals surface area (Å²) in [5.41, 5.74) is 2.17. The topological polar surface area (TPSA) is 61.9 Å². The molecule has 1 saturated heterocycles. The Morgan fingerprint density at radius 1 is 1.16 bits per heavy atom. The highest BCUT2D eigenvalue weighted by Gasteiger charge is 2.19. The molecule has 2 rings (SSSR count). The minimum atomic E-state index is 0.0208. The SMILES string of the molecule is CCC(=O)N1CCCN(CC(=O)NCc2cccc(COC)c2)CC1. The van der Waals surface area contributed by atoms with E-state index in [2.05, 4.69) is 10.2 Å². The first-order valence-electron chi connectivity index (χ1n) is 8.96. The minimum Gasteiger partial charge on any atom is -0.380 e. The van der Waals surface area contributed by atoms with E-state index < -0.39 is 0 Å². The average Bonchev–Trinajstić information content (AvgIpc) is 2.85. The Kier molecular flexibility index (Phi) is 7.88.